The lowest BCUT2D eigenvalue weighted by Gasteiger charge is -2.19. The van der Waals surface area contributed by atoms with Gasteiger partial charge in [0.25, 0.3) is 0 Å². The normalized spacial score (nSPS) is 14.3. The van der Waals surface area contributed by atoms with Gasteiger partial charge >= 0.3 is 5.97 Å². The number of benzene rings is 1. The van der Waals surface area contributed by atoms with E-state index < -0.39 is 23.8 Å². The van der Waals surface area contributed by atoms with Crippen LogP contribution >= 0.6 is 0 Å². The summed E-state index contributed by atoms with van der Waals surface area (Å²) in [5.41, 5.74) is 0.130. The van der Waals surface area contributed by atoms with Gasteiger partial charge in [-0.2, -0.15) is 5.26 Å². The Morgan fingerprint density at radius 1 is 1.26 bits per heavy atom. The van der Waals surface area contributed by atoms with E-state index in [9.17, 15) is 15.0 Å². The van der Waals surface area contributed by atoms with Gasteiger partial charge in [0.15, 0.2) is 6.10 Å². The van der Waals surface area contributed by atoms with Crippen molar-refractivity contribution < 1.29 is 19.7 Å². The standard InChI is InChI=1S/C14H17NO4/c1-14(2,3)19-13(18)10-6-4-9(5-7-10)12(17)11(16)8-15/h4-7,11-12,16-17H,1-3H3. The van der Waals surface area contributed by atoms with Crippen LogP contribution in [0.5, 0.6) is 0 Å². The Hall–Kier alpha value is -1.90. The van der Waals surface area contributed by atoms with Crippen molar-refractivity contribution in [1.29, 1.82) is 5.26 Å². The molecule has 5 heteroatoms. The Balaban J connectivity index is 2.83. The summed E-state index contributed by atoms with van der Waals surface area (Å²) in [6.45, 7) is 5.31. The Bertz CT molecular complexity index is 482. The van der Waals surface area contributed by atoms with E-state index >= 15 is 0 Å². The number of carbonyl (C=O) groups excluding carboxylic acids is 1. The number of rotatable bonds is 3. The summed E-state index contributed by atoms with van der Waals surface area (Å²) in [6, 6.07) is 7.46. The number of hydrogen-bond acceptors (Lipinski definition) is 5. The van der Waals surface area contributed by atoms with Gasteiger partial charge in [-0.3, -0.25) is 0 Å². The van der Waals surface area contributed by atoms with E-state index in [1.54, 1.807) is 26.8 Å². The van der Waals surface area contributed by atoms with Crippen LogP contribution in [0.25, 0.3) is 0 Å². The molecule has 1 aromatic carbocycles. The van der Waals surface area contributed by atoms with Crippen molar-refractivity contribution >= 4 is 5.97 Å². The molecule has 1 rings (SSSR count). The average molecular weight is 263 g/mol. The van der Waals surface area contributed by atoms with Gasteiger partial charge in [-0.05, 0) is 38.5 Å². The first-order valence-electron chi connectivity index (χ1n) is 5.83. The number of aliphatic hydroxyl groups is 2. The SMILES string of the molecule is CC(C)(C)OC(=O)c1ccc(C(O)C(O)C#N)cc1. The average Bonchev–Trinajstić information content (AvgIpc) is 2.35. The largest absolute Gasteiger partial charge is 0.456 e. The fourth-order valence-electron chi connectivity index (χ4n) is 1.41. The molecule has 1 aromatic rings. The number of nitriles is 1. The molecule has 19 heavy (non-hydrogen) atoms. The second-order valence-corrected chi connectivity index (χ2v) is 5.14. The zero-order valence-electron chi connectivity index (χ0n) is 11.1. The number of nitrogens with zero attached hydrogens (tertiary/aromatic N) is 1. The molecule has 2 N–H and O–H groups in total. The van der Waals surface area contributed by atoms with Crippen LogP contribution in [0.2, 0.25) is 0 Å². The molecule has 0 saturated heterocycles. The summed E-state index contributed by atoms with van der Waals surface area (Å²) in [5, 5.41) is 27.3. The third-order valence-corrected chi connectivity index (χ3v) is 2.32. The van der Waals surface area contributed by atoms with Gasteiger partial charge in [-0.1, -0.05) is 12.1 Å². The van der Waals surface area contributed by atoms with Gasteiger partial charge in [0, 0.05) is 0 Å². The second-order valence-electron chi connectivity index (χ2n) is 5.14. The summed E-state index contributed by atoms with van der Waals surface area (Å²) < 4.78 is 5.19. The van der Waals surface area contributed by atoms with Gasteiger partial charge in [0.1, 0.15) is 11.7 Å². The Labute approximate surface area is 112 Å². The maximum absolute atomic E-state index is 11.7. The zero-order chi connectivity index (χ0) is 14.6. The van der Waals surface area contributed by atoms with Crippen molar-refractivity contribution in [2.24, 2.45) is 0 Å². The molecule has 102 valence electrons. The molecule has 0 heterocycles. The van der Waals surface area contributed by atoms with Crippen molar-refractivity contribution in [2.45, 2.75) is 38.6 Å². The molecule has 2 atom stereocenters. The molecule has 2 unspecified atom stereocenters. The Morgan fingerprint density at radius 2 is 1.79 bits per heavy atom. The summed E-state index contributed by atoms with van der Waals surface area (Å²) >= 11 is 0. The lowest BCUT2D eigenvalue weighted by atomic mass is 10.0. The molecule has 0 amide bonds. The summed E-state index contributed by atoms with van der Waals surface area (Å²) in [4.78, 5) is 11.7. The smallest absolute Gasteiger partial charge is 0.338 e. The summed E-state index contributed by atoms with van der Waals surface area (Å²) in [6.07, 6.45) is -2.79. The fraction of sp³-hybridized carbons (Fsp3) is 0.429. The van der Waals surface area contributed by atoms with Crippen LogP contribution in [0.1, 0.15) is 42.8 Å². The predicted octanol–water partition coefficient (Wildman–Crippen LogP) is 1.56. The van der Waals surface area contributed by atoms with Crippen LogP contribution in [0, 0.1) is 11.3 Å². The Kier molecular flexibility index (Phi) is 4.65. The van der Waals surface area contributed by atoms with E-state index in [0.717, 1.165) is 0 Å². The summed E-state index contributed by atoms with van der Waals surface area (Å²) in [7, 11) is 0. The molecule has 0 fully saturated rings. The van der Waals surface area contributed by atoms with Gasteiger partial charge in [-0.15, -0.1) is 0 Å². The summed E-state index contributed by atoms with van der Waals surface area (Å²) in [5.74, 6) is -0.464. The van der Waals surface area contributed by atoms with E-state index in [2.05, 4.69) is 0 Å². The maximum Gasteiger partial charge on any atom is 0.338 e. The van der Waals surface area contributed by atoms with Crippen molar-refractivity contribution in [2.75, 3.05) is 0 Å². The molecular weight excluding hydrogens is 246 g/mol. The minimum atomic E-state index is -1.49. The maximum atomic E-state index is 11.7. The first-order chi connectivity index (χ1) is 8.74. The molecule has 5 nitrogen and oxygen atoms in total. The molecule has 0 radical (unpaired) electrons. The lowest BCUT2D eigenvalue weighted by Crippen LogP contribution is -2.24. The van der Waals surface area contributed by atoms with E-state index in [0.29, 0.717) is 11.1 Å². The highest BCUT2D eigenvalue weighted by molar-refractivity contribution is 5.89. The van der Waals surface area contributed by atoms with Gasteiger partial charge in [0.05, 0.1) is 11.6 Å². The molecule has 0 aliphatic rings. The number of ether oxygens (including phenoxy) is 1. The molecular formula is C14H17NO4. The molecule has 0 aliphatic carbocycles. The third-order valence-electron chi connectivity index (χ3n) is 2.32. The van der Waals surface area contributed by atoms with Crippen LogP contribution in [0.3, 0.4) is 0 Å². The number of esters is 1. The number of carbonyl (C=O) groups is 1. The van der Waals surface area contributed by atoms with Crippen LogP contribution in [-0.4, -0.2) is 27.9 Å². The van der Waals surface area contributed by atoms with Crippen molar-refractivity contribution in [3.05, 3.63) is 35.4 Å². The van der Waals surface area contributed by atoms with Crippen molar-refractivity contribution in [3.8, 4) is 6.07 Å². The van der Waals surface area contributed by atoms with Gasteiger partial charge in [-0.25, -0.2) is 4.79 Å². The Morgan fingerprint density at radius 3 is 2.21 bits per heavy atom. The van der Waals surface area contributed by atoms with Crippen molar-refractivity contribution in [1.82, 2.24) is 0 Å². The van der Waals surface area contributed by atoms with Gasteiger partial charge < -0.3 is 14.9 Å². The first kappa shape index (κ1) is 15.2. The molecule has 0 bridgehead atoms. The minimum absolute atomic E-state index is 0.345. The van der Waals surface area contributed by atoms with Crippen LogP contribution in [0.15, 0.2) is 24.3 Å². The molecule has 0 saturated carbocycles. The molecule has 0 spiro atoms. The first-order valence-corrected chi connectivity index (χ1v) is 5.83. The highest BCUT2D eigenvalue weighted by atomic mass is 16.6. The lowest BCUT2D eigenvalue weighted by molar-refractivity contribution is 0.00692. The zero-order valence-corrected chi connectivity index (χ0v) is 11.1. The van der Waals surface area contributed by atoms with Gasteiger partial charge in [0.2, 0.25) is 0 Å². The fourth-order valence-corrected chi connectivity index (χ4v) is 1.41. The minimum Gasteiger partial charge on any atom is -0.456 e. The highest BCUT2D eigenvalue weighted by Crippen LogP contribution is 2.18. The van der Waals surface area contributed by atoms with E-state index in [1.807, 2.05) is 0 Å². The monoisotopic (exact) mass is 263 g/mol. The van der Waals surface area contributed by atoms with Crippen LogP contribution < -0.4 is 0 Å². The number of hydrogen-bond donors (Lipinski definition) is 2. The van der Waals surface area contributed by atoms with Crippen LogP contribution in [-0.2, 0) is 4.74 Å². The highest BCUT2D eigenvalue weighted by Gasteiger charge is 2.20. The third kappa shape index (κ3) is 4.36. The topological polar surface area (TPSA) is 90.6 Å². The second kappa shape index (κ2) is 5.83. The molecule has 0 aromatic heterocycles. The van der Waals surface area contributed by atoms with E-state index in [1.165, 1.54) is 24.3 Å². The molecule has 0 aliphatic heterocycles. The number of aliphatic hydroxyl groups excluding tert-OH is 2. The predicted molar refractivity (Wildman–Crippen MR) is 68.2 cm³/mol. The van der Waals surface area contributed by atoms with E-state index in [-0.39, 0.29) is 0 Å². The van der Waals surface area contributed by atoms with E-state index in [4.69, 9.17) is 10.00 Å². The van der Waals surface area contributed by atoms with Crippen LogP contribution in [0.4, 0.5) is 0 Å². The quantitative estimate of drug-likeness (QED) is 0.638. The van der Waals surface area contributed by atoms with Crippen molar-refractivity contribution in [3.63, 3.8) is 0 Å².